The molecule has 7 aromatic carbocycles. The van der Waals surface area contributed by atoms with E-state index in [1.165, 1.54) is 49.8 Å². The lowest BCUT2D eigenvalue weighted by Crippen LogP contribution is -2.16. The minimum atomic E-state index is -0.104. The number of furan rings is 1. The van der Waals surface area contributed by atoms with Gasteiger partial charge in [-0.2, -0.15) is 0 Å². The summed E-state index contributed by atoms with van der Waals surface area (Å²) in [6, 6.07) is 54.7. The predicted octanol–water partition coefficient (Wildman–Crippen LogP) is 12.2. The molecule has 0 unspecified atom stereocenters. The third kappa shape index (κ3) is 3.89. The summed E-state index contributed by atoms with van der Waals surface area (Å²) in [6.07, 6.45) is 0. The largest absolute Gasteiger partial charge is 0.456 e. The summed E-state index contributed by atoms with van der Waals surface area (Å²) in [4.78, 5) is 2.45. The highest BCUT2D eigenvalue weighted by atomic mass is 16.3. The maximum atomic E-state index is 6.57. The zero-order valence-corrected chi connectivity index (χ0v) is 25.3. The van der Waals surface area contributed by atoms with E-state index in [4.69, 9.17) is 4.42 Å². The van der Waals surface area contributed by atoms with E-state index in [0.29, 0.717) is 0 Å². The van der Waals surface area contributed by atoms with E-state index in [9.17, 15) is 0 Å². The van der Waals surface area contributed by atoms with Gasteiger partial charge in [0.25, 0.3) is 0 Å². The van der Waals surface area contributed by atoms with Crippen LogP contribution in [-0.4, -0.2) is 0 Å². The molecular weight excluding hydrogens is 546 g/mol. The maximum absolute atomic E-state index is 6.57. The SMILES string of the molecule is CC1(C)c2ccccc2-c2c(N(c3cccc(-c4ccccc4)c3)c3cccc4oc5cc6ccccc6cc5c34)cccc21. The Bertz CT molecular complexity index is 2410. The van der Waals surface area contributed by atoms with Crippen molar-refractivity contribution in [2.75, 3.05) is 4.90 Å². The summed E-state index contributed by atoms with van der Waals surface area (Å²) in [5.74, 6) is 0. The molecule has 0 saturated heterocycles. The maximum Gasteiger partial charge on any atom is 0.137 e. The van der Waals surface area contributed by atoms with E-state index in [2.05, 4.69) is 170 Å². The molecule has 2 nitrogen and oxygen atoms in total. The fraction of sp³-hybridized carbons (Fsp3) is 0.0698. The molecule has 0 saturated carbocycles. The second-order valence-electron chi connectivity index (χ2n) is 12.6. The van der Waals surface area contributed by atoms with Crippen LogP contribution < -0.4 is 4.90 Å². The molecule has 0 fully saturated rings. The van der Waals surface area contributed by atoms with Crippen LogP contribution in [0, 0.1) is 0 Å². The Morgan fingerprint density at radius 3 is 2.04 bits per heavy atom. The van der Waals surface area contributed by atoms with Gasteiger partial charge >= 0.3 is 0 Å². The molecule has 8 aromatic rings. The number of hydrogen-bond donors (Lipinski definition) is 0. The van der Waals surface area contributed by atoms with Crippen LogP contribution >= 0.6 is 0 Å². The van der Waals surface area contributed by atoms with Crippen LogP contribution in [0.3, 0.4) is 0 Å². The third-order valence-electron chi connectivity index (χ3n) is 9.62. The van der Waals surface area contributed by atoms with Gasteiger partial charge in [-0.15, -0.1) is 0 Å². The van der Waals surface area contributed by atoms with Crippen LogP contribution in [0.4, 0.5) is 17.1 Å². The monoisotopic (exact) mass is 577 g/mol. The first-order valence-electron chi connectivity index (χ1n) is 15.6. The topological polar surface area (TPSA) is 16.4 Å². The van der Waals surface area contributed by atoms with Gasteiger partial charge in [-0.3, -0.25) is 0 Å². The van der Waals surface area contributed by atoms with Gasteiger partial charge in [0, 0.05) is 22.1 Å². The van der Waals surface area contributed by atoms with Gasteiger partial charge in [-0.1, -0.05) is 123 Å². The molecule has 2 heteroatoms. The highest BCUT2D eigenvalue weighted by Gasteiger charge is 2.38. The number of fused-ring (bicyclic) bond motifs is 7. The molecule has 0 aliphatic heterocycles. The van der Waals surface area contributed by atoms with E-state index in [-0.39, 0.29) is 5.41 Å². The standard InChI is InChI=1S/C43H31NO/c1-43(2)35-20-9-8-19-33(35)41-36(43)21-11-22-37(41)44(32-18-10-17-29(25-32)28-13-4-3-5-14-28)38-23-12-24-39-42(38)34-26-30-15-6-7-16-31(30)27-40(34)45-39/h3-27H,1-2H3. The summed E-state index contributed by atoms with van der Waals surface area (Å²) in [6.45, 7) is 4.69. The zero-order valence-electron chi connectivity index (χ0n) is 25.3. The van der Waals surface area contributed by atoms with Gasteiger partial charge in [-0.25, -0.2) is 0 Å². The number of hydrogen-bond acceptors (Lipinski definition) is 2. The van der Waals surface area contributed by atoms with Crippen LogP contribution in [0.15, 0.2) is 156 Å². The first-order valence-corrected chi connectivity index (χ1v) is 15.6. The van der Waals surface area contributed by atoms with E-state index < -0.39 is 0 Å². The lowest BCUT2D eigenvalue weighted by molar-refractivity contribution is 0.660. The summed E-state index contributed by atoms with van der Waals surface area (Å²) in [5.41, 5.74) is 12.7. The fourth-order valence-corrected chi connectivity index (χ4v) is 7.46. The summed E-state index contributed by atoms with van der Waals surface area (Å²) in [5, 5.41) is 4.62. The number of rotatable bonds is 4. The van der Waals surface area contributed by atoms with Crippen LogP contribution in [0.2, 0.25) is 0 Å². The number of anilines is 3. The molecule has 1 aliphatic rings. The summed E-state index contributed by atoms with van der Waals surface area (Å²) < 4.78 is 6.57. The third-order valence-corrected chi connectivity index (χ3v) is 9.62. The van der Waals surface area contributed by atoms with Gasteiger partial charge in [-0.05, 0) is 81.1 Å². The zero-order chi connectivity index (χ0) is 30.1. The molecule has 1 aromatic heterocycles. The van der Waals surface area contributed by atoms with E-state index in [0.717, 1.165) is 33.3 Å². The molecule has 0 radical (unpaired) electrons. The Hall–Kier alpha value is -5.60. The van der Waals surface area contributed by atoms with Gasteiger partial charge in [0.2, 0.25) is 0 Å². The number of nitrogens with zero attached hydrogens (tertiary/aromatic N) is 1. The van der Waals surface area contributed by atoms with Crippen LogP contribution in [0.1, 0.15) is 25.0 Å². The van der Waals surface area contributed by atoms with Crippen molar-refractivity contribution in [3.63, 3.8) is 0 Å². The molecular formula is C43H31NO. The minimum Gasteiger partial charge on any atom is -0.456 e. The Labute approximate surface area is 262 Å². The van der Waals surface area contributed by atoms with Crippen molar-refractivity contribution < 1.29 is 4.42 Å². The molecule has 9 rings (SSSR count). The average Bonchev–Trinajstić information content (AvgIpc) is 3.56. The normalized spacial score (nSPS) is 13.3. The van der Waals surface area contributed by atoms with Crippen molar-refractivity contribution >= 4 is 49.8 Å². The van der Waals surface area contributed by atoms with Gasteiger partial charge in [0.1, 0.15) is 11.2 Å². The Balaban J connectivity index is 1.38. The summed E-state index contributed by atoms with van der Waals surface area (Å²) >= 11 is 0. The number of benzene rings is 7. The second-order valence-corrected chi connectivity index (χ2v) is 12.6. The minimum absolute atomic E-state index is 0.104. The summed E-state index contributed by atoms with van der Waals surface area (Å²) in [7, 11) is 0. The van der Waals surface area contributed by atoms with E-state index >= 15 is 0 Å². The molecule has 0 N–H and O–H groups in total. The molecule has 1 aliphatic carbocycles. The first-order chi connectivity index (χ1) is 22.1. The van der Waals surface area contributed by atoms with Crippen molar-refractivity contribution in [1.82, 2.24) is 0 Å². The molecule has 0 atom stereocenters. The van der Waals surface area contributed by atoms with Gasteiger partial charge < -0.3 is 9.32 Å². The molecule has 214 valence electrons. The predicted molar refractivity (Wildman–Crippen MR) is 189 cm³/mol. The fourth-order valence-electron chi connectivity index (χ4n) is 7.46. The second kappa shape index (κ2) is 9.70. The molecule has 1 heterocycles. The Morgan fingerprint density at radius 2 is 1.18 bits per heavy atom. The van der Waals surface area contributed by atoms with Crippen molar-refractivity contribution in [3.8, 4) is 22.3 Å². The molecule has 0 spiro atoms. The molecule has 0 amide bonds. The van der Waals surface area contributed by atoms with Crippen molar-refractivity contribution in [2.24, 2.45) is 0 Å². The highest BCUT2D eigenvalue weighted by Crippen LogP contribution is 2.55. The lowest BCUT2D eigenvalue weighted by Gasteiger charge is -2.29. The van der Waals surface area contributed by atoms with E-state index in [1.807, 2.05) is 0 Å². The smallest absolute Gasteiger partial charge is 0.137 e. The Morgan fingerprint density at radius 1 is 0.511 bits per heavy atom. The van der Waals surface area contributed by atoms with Crippen LogP contribution in [0.5, 0.6) is 0 Å². The van der Waals surface area contributed by atoms with Crippen molar-refractivity contribution in [1.29, 1.82) is 0 Å². The average molecular weight is 578 g/mol. The molecule has 0 bridgehead atoms. The van der Waals surface area contributed by atoms with E-state index in [1.54, 1.807) is 0 Å². The first kappa shape index (κ1) is 25.9. The Kier molecular flexibility index (Phi) is 5.58. The lowest BCUT2D eigenvalue weighted by atomic mass is 9.82. The van der Waals surface area contributed by atoms with Crippen molar-refractivity contribution in [3.05, 3.63) is 163 Å². The van der Waals surface area contributed by atoms with Gasteiger partial charge in [0.05, 0.1) is 16.8 Å². The van der Waals surface area contributed by atoms with Crippen LogP contribution in [0.25, 0.3) is 55.0 Å². The highest BCUT2D eigenvalue weighted by molar-refractivity contribution is 6.17. The quantitative estimate of drug-likeness (QED) is 0.207. The van der Waals surface area contributed by atoms with Crippen LogP contribution in [-0.2, 0) is 5.41 Å². The van der Waals surface area contributed by atoms with Gasteiger partial charge in [0.15, 0.2) is 0 Å². The van der Waals surface area contributed by atoms with Crippen molar-refractivity contribution in [2.45, 2.75) is 19.3 Å². The molecule has 45 heavy (non-hydrogen) atoms.